The minimum atomic E-state index is 0.0794. The number of amides is 1. The van der Waals surface area contributed by atoms with Crippen LogP contribution in [0.2, 0.25) is 0 Å². The Kier molecular flexibility index (Phi) is 5.46. The van der Waals surface area contributed by atoms with Gasteiger partial charge < -0.3 is 10.2 Å². The molecule has 0 fully saturated rings. The van der Waals surface area contributed by atoms with Gasteiger partial charge in [0.15, 0.2) is 0 Å². The number of hydrogen-bond donors (Lipinski definition) is 1. The molecule has 1 heterocycles. The summed E-state index contributed by atoms with van der Waals surface area (Å²) >= 11 is 1.65. The topological polar surface area (TPSA) is 32.3 Å². The lowest BCUT2D eigenvalue weighted by Gasteiger charge is -2.31. The SMILES string of the molecule is CSc1ccccc1NC(=O)CCN1CCCc2cc(C)ccc21. The number of nitrogens with one attached hydrogen (secondary N) is 1. The Morgan fingerprint density at radius 1 is 1.25 bits per heavy atom. The van der Waals surface area contributed by atoms with Crippen LogP contribution >= 0.6 is 11.8 Å². The van der Waals surface area contributed by atoms with Gasteiger partial charge in [-0.05, 0) is 49.8 Å². The van der Waals surface area contributed by atoms with Crippen molar-refractivity contribution in [2.24, 2.45) is 0 Å². The highest BCUT2D eigenvalue weighted by Gasteiger charge is 2.17. The molecule has 0 atom stereocenters. The maximum Gasteiger partial charge on any atom is 0.226 e. The molecule has 0 bridgehead atoms. The van der Waals surface area contributed by atoms with E-state index in [4.69, 9.17) is 0 Å². The van der Waals surface area contributed by atoms with E-state index in [1.165, 1.54) is 16.8 Å². The number of fused-ring (bicyclic) bond motifs is 1. The van der Waals surface area contributed by atoms with Gasteiger partial charge in [0, 0.05) is 30.1 Å². The highest BCUT2D eigenvalue weighted by molar-refractivity contribution is 7.98. The van der Waals surface area contributed by atoms with Gasteiger partial charge in [-0.3, -0.25) is 4.79 Å². The van der Waals surface area contributed by atoms with Crippen molar-refractivity contribution in [3.05, 3.63) is 53.6 Å². The minimum absolute atomic E-state index is 0.0794. The molecule has 0 unspecified atom stereocenters. The first-order chi connectivity index (χ1) is 11.7. The summed E-state index contributed by atoms with van der Waals surface area (Å²) < 4.78 is 0. The number of benzene rings is 2. The minimum Gasteiger partial charge on any atom is -0.371 e. The van der Waals surface area contributed by atoms with Crippen molar-refractivity contribution in [2.75, 3.05) is 29.6 Å². The Morgan fingerprint density at radius 3 is 2.92 bits per heavy atom. The number of aryl methyl sites for hydroxylation is 2. The van der Waals surface area contributed by atoms with Crippen molar-refractivity contribution in [2.45, 2.75) is 31.1 Å². The van der Waals surface area contributed by atoms with Gasteiger partial charge in [0.25, 0.3) is 0 Å². The van der Waals surface area contributed by atoms with E-state index in [1.807, 2.05) is 30.5 Å². The Balaban J connectivity index is 1.61. The van der Waals surface area contributed by atoms with E-state index in [2.05, 4.69) is 35.3 Å². The van der Waals surface area contributed by atoms with Crippen molar-refractivity contribution in [3.63, 3.8) is 0 Å². The molecule has 1 amide bonds. The summed E-state index contributed by atoms with van der Waals surface area (Å²) in [6, 6.07) is 14.6. The molecule has 1 aliphatic heterocycles. The zero-order valence-corrected chi connectivity index (χ0v) is 15.2. The summed E-state index contributed by atoms with van der Waals surface area (Å²) in [5.74, 6) is 0.0794. The molecule has 1 N–H and O–H groups in total. The van der Waals surface area contributed by atoms with Gasteiger partial charge in [0.05, 0.1) is 5.69 Å². The third-order valence-corrected chi connectivity index (χ3v) is 5.24. The molecule has 0 aromatic heterocycles. The molecule has 0 saturated carbocycles. The Labute approximate surface area is 148 Å². The van der Waals surface area contributed by atoms with E-state index < -0.39 is 0 Å². The average molecular weight is 340 g/mol. The number of hydrogen-bond acceptors (Lipinski definition) is 3. The second-order valence-corrected chi connectivity index (χ2v) is 7.07. The third-order valence-electron chi connectivity index (χ3n) is 4.44. The van der Waals surface area contributed by atoms with E-state index in [0.717, 1.165) is 36.5 Å². The number of rotatable bonds is 5. The van der Waals surface area contributed by atoms with Gasteiger partial charge in [-0.1, -0.05) is 29.8 Å². The lowest BCUT2D eigenvalue weighted by atomic mass is 9.99. The van der Waals surface area contributed by atoms with E-state index in [1.54, 1.807) is 11.8 Å². The zero-order valence-electron chi connectivity index (χ0n) is 14.3. The second kappa shape index (κ2) is 7.75. The van der Waals surface area contributed by atoms with Crippen molar-refractivity contribution in [3.8, 4) is 0 Å². The maximum atomic E-state index is 12.3. The van der Waals surface area contributed by atoms with Gasteiger partial charge in [0.2, 0.25) is 5.91 Å². The number of thioether (sulfide) groups is 1. The first-order valence-corrected chi connectivity index (χ1v) is 9.67. The molecule has 126 valence electrons. The maximum absolute atomic E-state index is 12.3. The van der Waals surface area contributed by atoms with Gasteiger partial charge in [-0.25, -0.2) is 0 Å². The van der Waals surface area contributed by atoms with Crippen LogP contribution in [0.5, 0.6) is 0 Å². The molecular formula is C20H24N2OS. The standard InChI is InChI=1S/C20H24N2OS/c1-15-9-10-18-16(14-15)6-5-12-22(18)13-11-20(23)21-17-7-3-4-8-19(17)24-2/h3-4,7-10,14H,5-6,11-13H2,1-2H3,(H,21,23). The van der Waals surface area contributed by atoms with Gasteiger partial charge in [-0.15, -0.1) is 11.8 Å². The summed E-state index contributed by atoms with van der Waals surface area (Å²) in [5.41, 5.74) is 4.92. The van der Waals surface area contributed by atoms with Crippen LogP contribution in [0.1, 0.15) is 24.0 Å². The highest BCUT2D eigenvalue weighted by Crippen LogP contribution is 2.28. The monoisotopic (exact) mass is 340 g/mol. The fourth-order valence-electron chi connectivity index (χ4n) is 3.23. The van der Waals surface area contributed by atoms with E-state index >= 15 is 0 Å². The number of para-hydroxylation sites is 1. The molecule has 3 nitrogen and oxygen atoms in total. The smallest absolute Gasteiger partial charge is 0.226 e. The van der Waals surface area contributed by atoms with Crippen LogP contribution in [-0.2, 0) is 11.2 Å². The van der Waals surface area contributed by atoms with Gasteiger partial charge in [0.1, 0.15) is 0 Å². The van der Waals surface area contributed by atoms with Gasteiger partial charge >= 0.3 is 0 Å². The van der Waals surface area contributed by atoms with Crippen LogP contribution in [-0.4, -0.2) is 25.3 Å². The van der Waals surface area contributed by atoms with Crippen LogP contribution < -0.4 is 10.2 Å². The molecule has 0 spiro atoms. The molecule has 4 heteroatoms. The quantitative estimate of drug-likeness (QED) is 0.814. The van der Waals surface area contributed by atoms with Crippen molar-refractivity contribution < 1.29 is 4.79 Å². The number of anilines is 2. The van der Waals surface area contributed by atoms with Gasteiger partial charge in [-0.2, -0.15) is 0 Å². The Morgan fingerprint density at radius 2 is 2.08 bits per heavy atom. The fourth-order valence-corrected chi connectivity index (χ4v) is 3.79. The molecule has 24 heavy (non-hydrogen) atoms. The number of carbonyl (C=O) groups is 1. The molecule has 3 rings (SSSR count). The molecular weight excluding hydrogens is 316 g/mol. The molecule has 0 aliphatic carbocycles. The summed E-state index contributed by atoms with van der Waals surface area (Å²) in [4.78, 5) is 15.8. The lowest BCUT2D eigenvalue weighted by Crippen LogP contribution is -2.32. The normalized spacial score (nSPS) is 13.5. The predicted molar refractivity (Wildman–Crippen MR) is 103 cm³/mol. The van der Waals surface area contributed by atoms with Crippen LogP contribution in [0.3, 0.4) is 0 Å². The Bertz CT molecular complexity index is 729. The van der Waals surface area contributed by atoms with E-state index in [9.17, 15) is 4.79 Å². The number of nitrogens with zero attached hydrogens (tertiary/aromatic N) is 1. The molecule has 0 saturated heterocycles. The fraction of sp³-hybridized carbons (Fsp3) is 0.350. The van der Waals surface area contributed by atoms with Crippen molar-refractivity contribution in [1.29, 1.82) is 0 Å². The molecule has 1 aliphatic rings. The summed E-state index contributed by atoms with van der Waals surface area (Å²) in [6.07, 6.45) is 4.84. The van der Waals surface area contributed by atoms with Crippen LogP contribution in [0.25, 0.3) is 0 Å². The lowest BCUT2D eigenvalue weighted by molar-refractivity contribution is -0.116. The van der Waals surface area contributed by atoms with Crippen LogP contribution in [0.4, 0.5) is 11.4 Å². The second-order valence-electron chi connectivity index (χ2n) is 6.22. The summed E-state index contributed by atoms with van der Waals surface area (Å²) in [6.45, 7) is 3.93. The third kappa shape index (κ3) is 3.93. The largest absolute Gasteiger partial charge is 0.371 e. The molecule has 2 aromatic carbocycles. The van der Waals surface area contributed by atoms with Crippen LogP contribution in [0, 0.1) is 6.92 Å². The Hall–Kier alpha value is -1.94. The first kappa shape index (κ1) is 16.9. The highest BCUT2D eigenvalue weighted by atomic mass is 32.2. The predicted octanol–water partition coefficient (Wildman–Crippen LogP) is 4.50. The summed E-state index contributed by atoms with van der Waals surface area (Å²) in [7, 11) is 0. The average Bonchev–Trinajstić information content (AvgIpc) is 2.60. The first-order valence-electron chi connectivity index (χ1n) is 8.45. The van der Waals surface area contributed by atoms with E-state index in [0.29, 0.717) is 6.42 Å². The van der Waals surface area contributed by atoms with Crippen LogP contribution in [0.15, 0.2) is 47.4 Å². The van der Waals surface area contributed by atoms with Crippen molar-refractivity contribution in [1.82, 2.24) is 0 Å². The molecule has 2 aromatic rings. The molecule has 0 radical (unpaired) electrons. The summed E-state index contributed by atoms with van der Waals surface area (Å²) in [5, 5.41) is 3.05. The zero-order chi connectivity index (χ0) is 16.9. The van der Waals surface area contributed by atoms with Crippen molar-refractivity contribution >= 4 is 29.0 Å². The van der Waals surface area contributed by atoms with E-state index in [-0.39, 0.29) is 5.91 Å². The number of carbonyl (C=O) groups excluding carboxylic acids is 1.